The first-order chi connectivity index (χ1) is 14.4. The Morgan fingerprint density at radius 2 is 1.87 bits per heavy atom. The van der Waals surface area contributed by atoms with Gasteiger partial charge in [0.05, 0.1) is 0 Å². The topological polar surface area (TPSA) is 80.7 Å². The highest BCUT2D eigenvalue weighted by Crippen LogP contribution is 2.68. The zero-order chi connectivity index (χ0) is 22.9. The van der Waals surface area contributed by atoms with Gasteiger partial charge in [0.2, 0.25) is 5.78 Å². The van der Waals surface area contributed by atoms with Gasteiger partial charge in [-0.15, -0.1) is 0 Å². The van der Waals surface area contributed by atoms with Crippen molar-refractivity contribution in [2.75, 3.05) is 6.61 Å². The third-order valence-electron chi connectivity index (χ3n) is 8.81. The minimum Gasteiger partial charge on any atom is -0.458 e. The summed E-state index contributed by atoms with van der Waals surface area (Å²) in [5.41, 5.74) is -0.785. The highest BCUT2D eigenvalue weighted by atomic mass is 35.5. The smallest absolute Gasteiger partial charge is 0.303 e. The molecule has 166 valence electrons. The van der Waals surface area contributed by atoms with Crippen molar-refractivity contribution in [2.45, 2.75) is 52.1 Å². The van der Waals surface area contributed by atoms with Gasteiger partial charge in [0.15, 0.2) is 12.4 Å². The van der Waals surface area contributed by atoms with Crippen molar-refractivity contribution in [3.8, 4) is 0 Å². The van der Waals surface area contributed by atoms with Gasteiger partial charge in [-0.05, 0) is 60.7 Å². The molecule has 6 heteroatoms. The Morgan fingerprint density at radius 1 is 1.23 bits per heavy atom. The van der Waals surface area contributed by atoms with Crippen LogP contribution in [0.1, 0.15) is 46.5 Å². The van der Waals surface area contributed by atoms with Crippen LogP contribution >= 0.6 is 11.6 Å². The minimum absolute atomic E-state index is 0.0294. The van der Waals surface area contributed by atoms with E-state index in [0.29, 0.717) is 35.4 Å². The van der Waals surface area contributed by atoms with Crippen LogP contribution < -0.4 is 0 Å². The first-order valence-electron chi connectivity index (χ1n) is 10.8. The molecule has 0 amide bonds. The second kappa shape index (κ2) is 7.01. The maximum Gasteiger partial charge on any atom is 0.303 e. The van der Waals surface area contributed by atoms with Crippen LogP contribution in [0.2, 0.25) is 0 Å². The molecule has 0 aromatic carbocycles. The van der Waals surface area contributed by atoms with Crippen molar-refractivity contribution in [3.63, 3.8) is 0 Å². The number of rotatable bonds is 3. The van der Waals surface area contributed by atoms with Gasteiger partial charge in [0.25, 0.3) is 0 Å². The fourth-order valence-electron chi connectivity index (χ4n) is 6.86. The van der Waals surface area contributed by atoms with Crippen LogP contribution in [0.5, 0.6) is 0 Å². The maximum absolute atomic E-state index is 12.9. The van der Waals surface area contributed by atoms with E-state index in [4.69, 9.17) is 16.3 Å². The monoisotopic (exact) mass is 444 g/mol. The Balaban J connectivity index is 1.74. The van der Waals surface area contributed by atoms with E-state index in [2.05, 4.69) is 20.1 Å². The van der Waals surface area contributed by atoms with Crippen molar-refractivity contribution in [1.82, 2.24) is 0 Å². The normalized spacial score (nSPS) is 41.6. The number of carbonyl (C=O) groups is 3. The van der Waals surface area contributed by atoms with Gasteiger partial charge in [-0.3, -0.25) is 14.4 Å². The Morgan fingerprint density at radius 3 is 2.52 bits per heavy atom. The quantitative estimate of drug-likeness (QED) is 0.524. The molecule has 4 aliphatic carbocycles. The van der Waals surface area contributed by atoms with Crippen LogP contribution in [0.15, 0.2) is 47.1 Å². The van der Waals surface area contributed by atoms with Crippen LogP contribution in [0.3, 0.4) is 0 Å². The van der Waals surface area contributed by atoms with Gasteiger partial charge in [-0.1, -0.05) is 44.7 Å². The summed E-state index contributed by atoms with van der Waals surface area (Å²) in [7, 11) is 0. The number of aliphatic hydroxyl groups is 1. The first-order valence-corrected chi connectivity index (χ1v) is 11.2. The van der Waals surface area contributed by atoms with E-state index >= 15 is 0 Å². The predicted octanol–water partition coefficient (Wildman–Crippen LogP) is 4.06. The van der Waals surface area contributed by atoms with Crippen molar-refractivity contribution < 1.29 is 24.2 Å². The lowest BCUT2D eigenvalue weighted by molar-refractivity contribution is -0.166. The number of allylic oxidation sites excluding steroid dienone is 6. The summed E-state index contributed by atoms with van der Waals surface area (Å²) in [5.74, 6) is -0.938. The van der Waals surface area contributed by atoms with Gasteiger partial charge in [0, 0.05) is 28.4 Å². The number of fused-ring (bicyclic) bond motifs is 5. The van der Waals surface area contributed by atoms with Gasteiger partial charge >= 0.3 is 5.97 Å². The molecule has 0 heterocycles. The maximum atomic E-state index is 12.9. The summed E-state index contributed by atoms with van der Waals surface area (Å²) in [6, 6.07) is 0. The largest absolute Gasteiger partial charge is 0.458 e. The Hall–Kier alpha value is -1.98. The molecule has 1 N–H and O–H groups in total. The fourth-order valence-corrected chi connectivity index (χ4v) is 7.25. The Labute approximate surface area is 187 Å². The Kier molecular flexibility index (Phi) is 5.03. The zero-order valence-electron chi connectivity index (χ0n) is 18.3. The number of carbonyl (C=O) groups excluding carboxylic acids is 3. The van der Waals surface area contributed by atoms with E-state index in [0.717, 1.165) is 12.0 Å². The molecule has 31 heavy (non-hydrogen) atoms. The van der Waals surface area contributed by atoms with Crippen LogP contribution in [0, 0.1) is 28.6 Å². The average Bonchev–Trinajstić information content (AvgIpc) is 2.99. The lowest BCUT2D eigenvalue weighted by Gasteiger charge is -2.57. The van der Waals surface area contributed by atoms with Gasteiger partial charge < -0.3 is 9.84 Å². The van der Waals surface area contributed by atoms with E-state index in [-0.39, 0.29) is 23.5 Å². The minimum atomic E-state index is -1.54. The second-order valence-corrected chi connectivity index (χ2v) is 10.4. The van der Waals surface area contributed by atoms with E-state index in [1.54, 1.807) is 6.08 Å². The summed E-state index contributed by atoms with van der Waals surface area (Å²) in [4.78, 5) is 36.5. The highest BCUT2D eigenvalue weighted by Gasteiger charge is 2.66. The van der Waals surface area contributed by atoms with Crippen LogP contribution in [-0.2, 0) is 19.1 Å². The standard InChI is InChI=1S/C25H29ClO5/c1-13-14(2)24(5)18-6-8-23(4)17(16(18)10-20(26)19(24)11-21(13)28)7-9-25(23,30)22(29)12-31-15(3)27/h10-11,16-18,30H,1-2,6-9,12H2,3-5H3/t16-,17-,18-,23-,24+,25-/m0/s1. The van der Waals surface area contributed by atoms with Crippen molar-refractivity contribution in [2.24, 2.45) is 28.6 Å². The molecule has 0 spiro atoms. The van der Waals surface area contributed by atoms with E-state index in [1.807, 2.05) is 13.0 Å². The molecule has 5 nitrogen and oxygen atoms in total. The van der Waals surface area contributed by atoms with Crippen molar-refractivity contribution >= 4 is 29.1 Å². The van der Waals surface area contributed by atoms with Crippen LogP contribution in [0.25, 0.3) is 0 Å². The number of ketones is 2. The molecule has 4 rings (SSSR count). The highest BCUT2D eigenvalue weighted by molar-refractivity contribution is 6.33. The first kappa shape index (κ1) is 22.2. The number of hydrogen-bond acceptors (Lipinski definition) is 5. The molecule has 2 fully saturated rings. The summed E-state index contributed by atoms with van der Waals surface area (Å²) >= 11 is 6.71. The molecular formula is C25H29ClO5. The number of Topliss-reactive ketones (excluding diaryl/α,β-unsaturated/α-hetero) is 1. The number of ether oxygens (including phenoxy) is 1. The van der Waals surface area contributed by atoms with E-state index in [9.17, 15) is 19.5 Å². The van der Waals surface area contributed by atoms with Gasteiger partial charge in [0.1, 0.15) is 5.60 Å². The molecular weight excluding hydrogens is 416 g/mol. The zero-order valence-corrected chi connectivity index (χ0v) is 19.1. The molecule has 0 aliphatic heterocycles. The molecule has 0 unspecified atom stereocenters. The van der Waals surface area contributed by atoms with Gasteiger partial charge in [-0.2, -0.15) is 0 Å². The molecule has 2 saturated carbocycles. The summed E-state index contributed by atoms with van der Waals surface area (Å²) in [6.45, 7) is 13.1. The van der Waals surface area contributed by atoms with Crippen LogP contribution in [-0.4, -0.2) is 34.9 Å². The molecule has 0 aromatic rings. The lowest BCUT2D eigenvalue weighted by atomic mass is 9.47. The van der Waals surface area contributed by atoms with Gasteiger partial charge in [-0.25, -0.2) is 0 Å². The lowest BCUT2D eigenvalue weighted by Crippen LogP contribution is -2.58. The summed E-state index contributed by atoms with van der Waals surface area (Å²) in [6.07, 6.45) is 5.99. The molecule has 0 radical (unpaired) electrons. The third kappa shape index (κ3) is 2.82. The number of esters is 1. The van der Waals surface area contributed by atoms with Crippen molar-refractivity contribution in [1.29, 1.82) is 0 Å². The number of halogens is 1. The fraction of sp³-hybridized carbons (Fsp3) is 0.560. The van der Waals surface area contributed by atoms with E-state index < -0.39 is 34.8 Å². The second-order valence-electron chi connectivity index (χ2n) is 9.95. The molecule has 0 saturated heterocycles. The summed E-state index contributed by atoms with van der Waals surface area (Å²) < 4.78 is 4.91. The SMILES string of the molecule is C=C1C(=C)[C@@]2(C)C(=CC1=O)C(Cl)=C[C@@H]1[C@@H]2CC[C@@]2(C)[C@H]1CC[C@]2(O)C(=O)COC(C)=O. The third-order valence-corrected chi connectivity index (χ3v) is 9.14. The Bertz CT molecular complexity index is 990. The molecule has 0 aromatic heterocycles. The molecule has 4 aliphatic rings. The van der Waals surface area contributed by atoms with Crippen molar-refractivity contribution in [3.05, 3.63) is 47.1 Å². The average molecular weight is 445 g/mol. The predicted molar refractivity (Wildman–Crippen MR) is 117 cm³/mol. The number of hydrogen-bond donors (Lipinski definition) is 1. The summed E-state index contributed by atoms with van der Waals surface area (Å²) in [5, 5.41) is 12.1. The van der Waals surface area contributed by atoms with Crippen LogP contribution in [0.4, 0.5) is 0 Å². The molecule has 0 bridgehead atoms. The molecule has 6 atom stereocenters. The van der Waals surface area contributed by atoms with E-state index in [1.165, 1.54) is 6.92 Å².